The van der Waals surface area contributed by atoms with Crippen LogP contribution in [-0.2, 0) is 9.47 Å². The molecule has 1 aromatic heterocycles. The van der Waals surface area contributed by atoms with Crippen LogP contribution in [0, 0.1) is 17.5 Å². The SMILES string of the molecule is Fc1ccc(Nc2ccnc(N3CCC4(CC3)OCCO4)n2)c(F)c1F. The van der Waals surface area contributed by atoms with E-state index in [9.17, 15) is 13.2 Å². The van der Waals surface area contributed by atoms with Crippen LogP contribution in [0.2, 0.25) is 0 Å². The topological polar surface area (TPSA) is 59.5 Å². The molecule has 9 heteroatoms. The number of rotatable bonds is 3. The number of halogens is 3. The monoisotopic (exact) mass is 366 g/mol. The van der Waals surface area contributed by atoms with Gasteiger partial charge in [0.15, 0.2) is 23.2 Å². The van der Waals surface area contributed by atoms with Crippen LogP contribution in [0.25, 0.3) is 0 Å². The molecule has 1 N–H and O–H groups in total. The fourth-order valence-electron chi connectivity index (χ4n) is 3.16. The van der Waals surface area contributed by atoms with E-state index in [-0.39, 0.29) is 11.5 Å². The highest BCUT2D eigenvalue weighted by molar-refractivity contribution is 5.58. The number of piperidine rings is 1. The summed E-state index contributed by atoms with van der Waals surface area (Å²) in [4.78, 5) is 10.6. The van der Waals surface area contributed by atoms with Gasteiger partial charge in [-0.3, -0.25) is 0 Å². The maximum Gasteiger partial charge on any atom is 0.227 e. The summed E-state index contributed by atoms with van der Waals surface area (Å²) in [5.74, 6) is -3.81. The zero-order valence-corrected chi connectivity index (χ0v) is 13.8. The van der Waals surface area contributed by atoms with Crippen LogP contribution in [0.4, 0.5) is 30.6 Å². The first-order valence-electron chi connectivity index (χ1n) is 8.33. The van der Waals surface area contributed by atoms with Crippen LogP contribution in [-0.4, -0.2) is 42.1 Å². The van der Waals surface area contributed by atoms with Crippen LogP contribution in [0.3, 0.4) is 0 Å². The van der Waals surface area contributed by atoms with Gasteiger partial charge in [-0.15, -0.1) is 0 Å². The van der Waals surface area contributed by atoms with Crippen LogP contribution >= 0.6 is 0 Å². The number of nitrogens with one attached hydrogen (secondary N) is 1. The molecule has 0 bridgehead atoms. The summed E-state index contributed by atoms with van der Waals surface area (Å²) in [6.45, 7) is 2.53. The van der Waals surface area contributed by atoms with Gasteiger partial charge in [0.25, 0.3) is 0 Å². The fraction of sp³-hybridized carbons (Fsp3) is 0.412. The lowest BCUT2D eigenvalue weighted by atomic mass is 10.0. The molecule has 0 aliphatic carbocycles. The molecule has 2 aromatic rings. The summed E-state index contributed by atoms with van der Waals surface area (Å²) < 4.78 is 51.6. The standard InChI is InChI=1S/C17H17F3N4O2/c18-11-1-2-12(15(20)14(11)19)22-13-3-6-21-16(23-13)24-7-4-17(5-8-24)25-9-10-26-17/h1-3,6H,4-5,7-10H2,(H,21,22,23). The van der Waals surface area contributed by atoms with E-state index in [1.807, 2.05) is 4.90 Å². The molecule has 0 radical (unpaired) electrons. The lowest BCUT2D eigenvalue weighted by molar-refractivity contribution is -0.169. The first-order chi connectivity index (χ1) is 12.6. The Labute approximate surface area is 148 Å². The number of ether oxygens (including phenoxy) is 2. The lowest BCUT2D eigenvalue weighted by Gasteiger charge is -2.37. The van der Waals surface area contributed by atoms with E-state index < -0.39 is 23.2 Å². The van der Waals surface area contributed by atoms with E-state index in [0.717, 1.165) is 12.1 Å². The normalized spacial score (nSPS) is 19.1. The molecule has 3 heterocycles. The highest BCUT2D eigenvalue weighted by Gasteiger charge is 2.40. The molecular formula is C17H17F3N4O2. The summed E-state index contributed by atoms with van der Waals surface area (Å²) in [6, 6.07) is 3.50. The molecule has 2 fully saturated rings. The van der Waals surface area contributed by atoms with Gasteiger partial charge in [0.1, 0.15) is 5.82 Å². The van der Waals surface area contributed by atoms with Crippen LogP contribution < -0.4 is 10.2 Å². The van der Waals surface area contributed by atoms with Crippen LogP contribution in [0.15, 0.2) is 24.4 Å². The number of hydrogen-bond acceptors (Lipinski definition) is 6. The van der Waals surface area contributed by atoms with Gasteiger partial charge in [0, 0.05) is 32.1 Å². The molecule has 1 spiro atoms. The van der Waals surface area contributed by atoms with Gasteiger partial charge in [0.2, 0.25) is 5.95 Å². The highest BCUT2D eigenvalue weighted by atomic mass is 19.2. The smallest absolute Gasteiger partial charge is 0.227 e. The van der Waals surface area contributed by atoms with Crippen molar-refractivity contribution in [2.45, 2.75) is 18.6 Å². The third-order valence-corrected chi connectivity index (χ3v) is 4.56. The zero-order valence-electron chi connectivity index (χ0n) is 13.8. The summed E-state index contributed by atoms with van der Waals surface area (Å²) in [7, 11) is 0. The zero-order chi connectivity index (χ0) is 18.1. The van der Waals surface area contributed by atoms with E-state index in [1.165, 1.54) is 12.3 Å². The lowest BCUT2D eigenvalue weighted by Crippen LogP contribution is -2.45. The summed E-state index contributed by atoms with van der Waals surface area (Å²) in [6.07, 6.45) is 2.92. The highest BCUT2D eigenvalue weighted by Crippen LogP contribution is 2.32. The first kappa shape index (κ1) is 17.0. The van der Waals surface area contributed by atoms with Crippen LogP contribution in [0.1, 0.15) is 12.8 Å². The Morgan fingerprint density at radius 1 is 1.00 bits per heavy atom. The second kappa shape index (κ2) is 6.73. The van der Waals surface area contributed by atoms with Gasteiger partial charge < -0.3 is 19.7 Å². The van der Waals surface area contributed by atoms with E-state index in [2.05, 4.69) is 15.3 Å². The molecule has 2 aliphatic rings. The minimum absolute atomic E-state index is 0.195. The summed E-state index contributed by atoms with van der Waals surface area (Å²) >= 11 is 0. The first-order valence-corrected chi connectivity index (χ1v) is 8.33. The minimum Gasteiger partial charge on any atom is -0.347 e. The number of nitrogens with zero attached hydrogens (tertiary/aromatic N) is 3. The molecular weight excluding hydrogens is 349 g/mol. The Morgan fingerprint density at radius 2 is 1.73 bits per heavy atom. The van der Waals surface area contributed by atoms with Crippen molar-refractivity contribution in [3.63, 3.8) is 0 Å². The summed E-state index contributed by atoms with van der Waals surface area (Å²) in [5, 5.41) is 2.66. The third kappa shape index (κ3) is 3.19. The average Bonchev–Trinajstić information content (AvgIpc) is 3.11. The van der Waals surface area contributed by atoms with Crippen molar-refractivity contribution in [2.24, 2.45) is 0 Å². The maximum atomic E-state index is 13.8. The summed E-state index contributed by atoms with van der Waals surface area (Å²) in [5.41, 5.74) is -0.195. The average molecular weight is 366 g/mol. The molecule has 0 saturated carbocycles. The van der Waals surface area contributed by atoms with Crippen molar-refractivity contribution in [3.05, 3.63) is 41.8 Å². The van der Waals surface area contributed by atoms with Crippen molar-refractivity contribution in [3.8, 4) is 0 Å². The molecule has 4 rings (SSSR count). The van der Waals surface area contributed by atoms with E-state index >= 15 is 0 Å². The van der Waals surface area contributed by atoms with E-state index in [1.54, 1.807) is 0 Å². The number of hydrogen-bond donors (Lipinski definition) is 1. The number of anilines is 3. The predicted molar refractivity (Wildman–Crippen MR) is 87.7 cm³/mol. The largest absolute Gasteiger partial charge is 0.347 e. The third-order valence-electron chi connectivity index (χ3n) is 4.56. The van der Waals surface area contributed by atoms with E-state index in [0.29, 0.717) is 45.1 Å². The quantitative estimate of drug-likeness (QED) is 0.843. The molecule has 26 heavy (non-hydrogen) atoms. The molecule has 0 unspecified atom stereocenters. The number of aromatic nitrogens is 2. The second-order valence-corrected chi connectivity index (χ2v) is 6.18. The van der Waals surface area contributed by atoms with Gasteiger partial charge in [-0.2, -0.15) is 4.98 Å². The Morgan fingerprint density at radius 3 is 2.46 bits per heavy atom. The van der Waals surface area contributed by atoms with Crippen molar-refractivity contribution in [2.75, 3.05) is 36.5 Å². The van der Waals surface area contributed by atoms with Crippen molar-refractivity contribution in [1.82, 2.24) is 9.97 Å². The van der Waals surface area contributed by atoms with Gasteiger partial charge >= 0.3 is 0 Å². The van der Waals surface area contributed by atoms with E-state index in [4.69, 9.17) is 9.47 Å². The molecule has 2 saturated heterocycles. The molecule has 0 amide bonds. The Hall–Kier alpha value is -2.39. The predicted octanol–water partition coefficient (Wildman–Crippen LogP) is 2.98. The number of benzene rings is 1. The van der Waals surface area contributed by atoms with Crippen molar-refractivity contribution < 1.29 is 22.6 Å². The Kier molecular flexibility index (Phi) is 4.41. The molecule has 0 atom stereocenters. The maximum absolute atomic E-state index is 13.8. The van der Waals surface area contributed by atoms with Crippen molar-refractivity contribution >= 4 is 17.5 Å². The van der Waals surface area contributed by atoms with Crippen molar-refractivity contribution in [1.29, 1.82) is 0 Å². The molecule has 2 aliphatic heterocycles. The van der Waals surface area contributed by atoms with Gasteiger partial charge in [-0.1, -0.05) is 0 Å². The molecule has 138 valence electrons. The van der Waals surface area contributed by atoms with Gasteiger partial charge in [-0.25, -0.2) is 18.2 Å². The van der Waals surface area contributed by atoms with Gasteiger partial charge in [-0.05, 0) is 18.2 Å². The molecule has 1 aromatic carbocycles. The minimum atomic E-state index is -1.53. The van der Waals surface area contributed by atoms with Crippen LogP contribution in [0.5, 0.6) is 0 Å². The Balaban J connectivity index is 1.48. The molecule has 6 nitrogen and oxygen atoms in total. The van der Waals surface area contributed by atoms with Gasteiger partial charge in [0.05, 0.1) is 18.9 Å². The Bertz CT molecular complexity index is 805. The fourth-order valence-corrected chi connectivity index (χ4v) is 3.16. The second-order valence-electron chi connectivity index (χ2n) is 6.18.